The van der Waals surface area contributed by atoms with E-state index in [9.17, 15) is 8.42 Å². The Morgan fingerprint density at radius 1 is 1.00 bits per heavy atom. The van der Waals surface area contributed by atoms with Crippen molar-refractivity contribution in [2.75, 3.05) is 13.3 Å². The van der Waals surface area contributed by atoms with Gasteiger partial charge in [0.25, 0.3) is 0 Å². The van der Waals surface area contributed by atoms with Crippen LogP contribution in [0, 0.1) is 6.92 Å². The molecule has 5 heteroatoms. The minimum atomic E-state index is -3.44. The largest absolute Gasteiger partial charge is 0.243 e. The summed E-state index contributed by atoms with van der Waals surface area (Å²) >= 11 is 1.67. The van der Waals surface area contributed by atoms with Gasteiger partial charge in [-0.1, -0.05) is 29.8 Å². The molecule has 0 fully saturated rings. The Balaban J connectivity index is 2.17. The highest BCUT2D eigenvalue weighted by atomic mass is 32.2. The molecule has 0 saturated heterocycles. The van der Waals surface area contributed by atoms with E-state index in [0.29, 0.717) is 11.4 Å². The van der Waals surface area contributed by atoms with Crippen LogP contribution >= 0.6 is 11.8 Å². The minimum Gasteiger partial charge on any atom is -0.207 e. The summed E-state index contributed by atoms with van der Waals surface area (Å²) in [5.41, 5.74) is 2.02. The van der Waals surface area contributed by atoms with Crippen LogP contribution in [0.5, 0.6) is 0 Å². The van der Waals surface area contributed by atoms with Gasteiger partial charge in [0.15, 0.2) is 0 Å². The van der Waals surface area contributed by atoms with Crippen molar-refractivity contribution in [3.63, 3.8) is 0 Å². The highest BCUT2D eigenvalue weighted by Crippen LogP contribution is 2.19. The molecule has 2 rings (SSSR count). The Labute approximate surface area is 131 Å². The van der Waals surface area contributed by atoms with Crippen LogP contribution < -0.4 is 0 Å². The molecule has 0 aliphatic rings. The minimum absolute atomic E-state index is 0.330. The number of benzene rings is 2. The second-order valence-electron chi connectivity index (χ2n) is 4.92. The molecule has 0 radical (unpaired) electrons. The Morgan fingerprint density at radius 3 is 2.10 bits per heavy atom. The predicted molar refractivity (Wildman–Crippen MR) is 88.1 cm³/mol. The van der Waals surface area contributed by atoms with Crippen molar-refractivity contribution in [3.05, 3.63) is 59.7 Å². The van der Waals surface area contributed by atoms with E-state index in [2.05, 4.69) is 0 Å². The lowest BCUT2D eigenvalue weighted by atomic mass is 10.2. The second-order valence-corrected chi connectivity index (χ2v) is 7.85. The van der Waals surface area contributed by atoms with Crippen molar-refractivity contribution in [2.24, 2.45) is 0 Å². The van der Waals surface area contributed by atoms with Crippen LogP contribution in [-0.4, -0.2) is 26.0 Å². The lowest BCUT2D eigenvalue weighted by Crippen LogP contribution is -2.26. The standard InChI is InChI=1S/C16H19NO2S2/c1-13-4-10-16(11-5-13)21(18,19)17(2)12-14-6-8-15(20-3)9-7-14/h4-11H,12H2,1-3H3. The lowest BCUT2D eigenvalue weighted by Gasteiger charge is -2.17. The zero-order chi connectivity index (χ0) is 15.5. The maximum Gasteiger partial charge on any atom is 0.243 e. The topological polar surface area (TPSA) is 37.4 Å². The number of hydrogen-bond donors (Lipinski definition) is 0. The van der Waals surface area contributed by atoms with Gasteiger partial charge in [-0.15, -0.1) is 11.8 Å². The maximum atomic E-state index is 12.5. The van der Waals surface area contributed by atoms with E-state index >= 15 is 0 Å². The van der Waals surface area contributed by atoms with Crippen molar-refractivity contribution in [1.29, 1.82) is 0 Å². The van der Waals surface area contributed by atoms with E-state index in [0.717, 1.165) is 11.1 Å². The smallest absolute Gasteiger partial charge is 0.207 e. The first-order valence-electron chi connectivity index (χ1n) is 6.59. The van der Waals surface area contributed by atoms with Crippen LogP contribution in [0.4, 0.5) is 0 Å². The number of sulfonamides is 1. The zero-order valence-electron chi connectivity index (χ0n) is 12.4. The Kier molecular flexibility index (Phi) is 5.08. The Morgan fingerprint density at radius 2 is 1.57 bits per heavy atom. The quantitative estimate of drug-likeness (QED) is 0.791. The van der Waals surface area contributed by atoms with E-state index in [1.54, 1.807) is 30.9 Å². The molecule has 0 atom stereocenters. The fraction of sp³-hybridized carbons (Fsp3) is 0.250. The lowest BCUT2D eigenvalue weighted by molar-refractivity contribution is 0.466. The molecule has 0 bridgehead atoms. The number of nitrogens with zero attached hydrogens (tertiary/aromatic N) is 1. The third-order valence-electron chi connectivity index (χ3n) is 3.29. The predicted octanol–water partition coefficient (Wildman–Crippen LogP) is 3.54. The first-order chi connectivity index (χ1) is 9.93. The summed E-state index contributed by atoms with van der Waals surface area (Å²) in [6, 6.07) is 14.9. The third kappa shape index (κ3) is 3.87. The van der Waals surface area contributed by atoms with Gasteiger partial charge in [-0.25, -0.2) is 8.42 Å². The first kappa shape index (κ1) is 16.1. The van der Waals surface area contributed by atoms with Gasteiger partial charge < -0.3 is 0 Å². The summed E-state index contributed by atoms with van der Waals surface area (Å²) in [5.74, 6) is 0. The van der Waals surface area contributed by atoms with Crippen molar-refractivity contribution < 1.29 is 8.42 Å². The third-order valence-corrected chi connectivity index (χ3v) is 5.85. The molecular weight excluding hydrogens is 302 g/mol. The fourth-order valence-electron chi connectivity index (χ4n) is 1.96. The molecule has 0 heterocycles. The molecule has 21 heavy (non-hydrogen) atoms. The highest BCUT2D eigenvalue weighted by molar-refractivity contribution is 7.98. The number of thioether (sulfide) groups is 1. The normalized spacial score (nSPS) is 11.8. The van der Waals surface area contributed by atoms with Gasteiger partial charge in [0, 0.05) is 18.5 Å². The summed E-state index contributed by atoms with van der Waals surface area (Å²) in [6.45, 7) is 2.30. The molecule has 0 spiro atoms. The number of rotatable bonds is 5. The molecule has 0 saturated carbocycles. The SMILES string of the molecule is CSc1ccc(CN(C)S(=O)(=O)c2ccc(C)cc2)cc1. The van der Waals surface area contributed by atoms with Crippen molar-refractivity contribution in [1.82, 2.24) is 4.31 Å². The van der Waals surface area contributed by atoms with Gasteiger partial charge in [-0.2, -0.15) is 4.31 Å². The molecular formula is C16H19NO2S2. The first-order valence-corrected chi connectivity index (χ1v) is 9.26. The number of hydrogen-bond acceptors (Lipinski definition) is 3. The summed E-state index contributed by atoms with van der Waals surface area (Å²) in [5, 5.41) is 0. The van der Waals surface area contributed by atoms with E-state index in [1.165, 1.54) is 9.20 Å². The highest BCUT2D eigenvalue weighted by Gasteiger charge is 2.20. The molecule has 112 valence electrons. The van der Waals surface area contributed by atoms with E-state index in [1.807, 2.05) is 49.6 Å². The van der Waals surface area contributed by atoms with Crippen LogP contribution in [0.1, 0.15) is 11.1 Å². The zero-order valence-corrected chi connectivity index (χ0v) is 14.0. The van der Waals surface area contributed by atoms with Gasteiger partial charge in [0.05, 0.1) is 4.90 Å². The Hall–Kier alpha value is -1.30. The van der Waals surface area contributed by atoms with Crippen molar-refractivity contribution in [2.45, 2.75) is 23.3 Å². The van der Waals surface area contributed by atoms with Crippen LogP contribution in [0.2, 0.25) is 0 Å². The average molecular weight is 321 g/mol. The van der Waals surface area contributed by atoms with Crippen LogP contribution in [0.15, 0.2) is 58.3 Å². The Bertz CT molecular complexity index is 692. The van der Waals surface area contributed by atoms with Gasteiger partial charge >= 0.3 is 0 Å². The molecule has 0 aliphatic heterocycles. The van der Waals surface area contributed by atoms with Gasteiger partial charge in [0.2, 0.25) is 10.0 Å². The van der Waals surface area contributed by atoms with E-state index < -0.39 is 10.0 Å². The van der Waals surface area contributed by atoms with E-state index in [-0.39, 0.29) is 0 Å². The van der Waals surface area contributed by atoms with Crippen molar-refractivity contribution >= 4 is 21.8 Å². The molecule has 0 unspecified atom stereocenters. The van der Waals surface area contributed by atoms with Gasteiger partial charge in [-0.05, 0) is 43.0 Å². The summed E-state index contributed by atoms with van der Waals surface area (Å²) < 4.78 is 26.4. The molecule has 2 aromatic carbocycles. The maximum absolute atomic E-state index is 12.5. The van der Waals surface area contributed by atoms with E-state index in [4.69, 9.17) is 0 Å². The molecule has 3 nitrogen and oxygen atoms in total. The molecule has 2 aromatic rings. The second kappa shape index (κ2) is 6.64. The molecule has 0 N–H and O–H groups in total. The summed E-state index contributed by atoms with van der Waals surface area (Å²) in [6.07, 6.45) is 2.02. The van der Waals surface area contributed by atoms with Crippen LogP contribution in [0.25, 0.3) is 0 Å². The fourth-order valence-corrected chi connectivity index (χ4v) is 3.53. The van der Waals surface area contributed by atoms with Crippen LogP contribution in [-0.2, 0) is 16.6 Å². The molecule has 0 aromatic heterocycles. The van der Waals surface area contributed by atoms with Gasteiger partial charge in [-0.3, -0.25) is 0 Å². The number of aryl methyl sites for hydroxylation is 1. The average Bonchev–Trinajstić information content (AvgIpc) is 2.48. The monoisotopic (exact) mass is 321 g/mol. The molecule has 0 aliphatic carbocycles. The summed E-state index contributed by atoms with van der Waals surface area (Å²) in [7, 11) is -1.83. The van der Waals surface area contributed by atoms with Gasteiger partial charge in [0.1, 0.15) is 0 Å². The van der Waals surface area contributed by atoms with Crippen molar-refractivity contribution in [3.8, 4) is 0 Å². The molecule has 0 amide bonds. The summed E-state index contributed by atoms with van der Waals surface area (Å²) in [4.78, 5) is 1.50. The van der Waals surface area contributed by atoms with Crippen LogP contribution in [0.3, 0.4) is 0 Å².